The van der Waals surface area contributed by atoms with Crippen LogP contribution in [0.25, 0.3) is 0 Å². The van der Waals surface area contributed by atoms with E-state index in [9.17, 15) is 9.59 Å². The van der Waals surface area contributed by atoms with Gasteiger partial charge in [-0.05, 0) is 39.5 Å². The number of carbonyl (C=O) groups excluding carboxylic acids is 2. The van der Waals surface area contributed by atoms with Crippen LogP contribution in [0.15, 0.2) is 6.20 Å². The van der Waals surface area contributed by atoms with Crippen LogP contribution >= 0.6 is 0 Å². The number of aromatic nitrogens is 2. The predicted molar refractivity (Wildman–Crippen MR) is 94.8 cm³/mol. The number of nitrogen functional groups attached to an aromatic ring is 1. The minimum atomic E-state index is -0.543. The topological polar surface area (TPSA) is 101 Å². The highest BCUT2D eigenvalue weighted by Gasteiger charge is 2.40. The summed E-state index contributed by atoms with van der Waals surface area (Å²) < 4.78 is 0. The summed E-state index contributed by atoms with van der Waals surface area (Å²) in [5, 5.41) is 3.19. The van der Waals surface area contributed by atoms with E-state index in [-0.39, 0.29) is 17.8 Å². The van der Waals surface area contributed by atoms with Gasteiger partial charge in [-0.15, -0.1) is 0 Å². The Morgan fingerprint density at radius 3 is 2.72 bits per heavy atom. The quantitative estimate of drug-likeness (QED) is 0.868. The Morgan fingerprint density at radius 2 is 2.04 bits per heavy atom. The van der Waals surface area contributed by atoms with E-state index in [2.05, 4.69) is 15.3 Å². The Labute approximate surface area is 148 Å². The monoisotopic (exact) mass is 345 g/mol. The molecule has 136 valence electrons. The Bertz CT molecular complexity index is 671. The minimum absolute atomic E-state index is 0.0715. The van der Waals surface area contributed by atoms with Crippen molar-refractivity contribution in [1.29, 1.82) is 0 Å². The second-order valence-corrected chi connectivity index (χ2v) is 7.57. The van der Waals surface area contributed by atoms with Gasteiger partial charge in [0, 0.05) is 25.3 Å². The van der Waals surface area contributed by atoms with Gasteiger partial charge in [-0.2, -0.15) is 0 Å². The van der Waals surface area contributed by atoms with E-state index < -0.39 is 5.41 Å². The maximum atomic E-state index is 12.9. The number of nitrogens with one attached hydrogen (secondary N) is 1. The van der Waals surface area contributed by atoms with Crippen LogP contribution in [0.5, 0.6) is 0 Å². The van der Waals surface area contributed by atoms with Gasteiger partial charge in [-0.3, -0.25) is 9.59 Å². The molecule has 1 aliphatic carbocycles. The average Bonchev–Trinajstić information content (AvgIpc) is 3.07. The molecule has 1 aromatic rings. The van der Waals surface area contributed by atoms with Gasteiger partial charge in [-0.1, -0.05) is 12.8 Å². The molecule has 7 nitrogen and oxygen atoms in total. The Hall–Kier alpha value is -2.18. The SMILES string of the molecule is Cc1nc(N)ncc1C(=O)N1CCC[C@](C)(C(=O)NC2CCCC2)C1. The maximum Gasteiger partial charge on any atom is 0.257 e. The van der Waals surface area contributed by atoms with Crippen LogP contribution in [0.1, 0.15) is 61.5 Å². The van der Waals surface area contributed by atoms with Gasteiger partial charge in [-0.25, -0.2) is 9.97 Å². The lowest BCUT2D eigenvalue weighted by molar-refractivity contribution is -0.133. The predicted octanol–water partition coefficient (Wildman–Crippen LogP) is 1.67. The summed E-state index contributed by atoms with van der Waals surface area (Å²) in [4.78, 5) is 35.4. The molecule has 3 rings (SSSR count). The molecule has 0 radical (unpaired) electrons. The maximum absolute atomic E-state index is 12.9. The zero-order chi connectivity index (χ0) is 18.0. The highest BCUT2D eigenvalue weighted by molar-refractivity contribution is 5.95. The number of rotatable bonds is 3. The zero-order valence-electron chi connectivity index (χ0n) is 15.0. The Balaban J connectivity index is 1.71. The van der Waals surface area contributed by atoms with Crippen LogP contribution in [0.3, 0.4) is 0 Å². The largest absolute Gasteiger partial charge is 0.368 e. The lowest BCUT2D eigenvalue weighted by Gasteiger charge is -2.40. The smallest absolute Gasteiger partial charge is 0.257 e. The lowest BCUT2D eigenvalue weighted by Crippen LogP contribution is -2.53. The molecule has 0 spiro atoms. The van der Waals surface area contributed by atoms with E-state index in [0.29, 0.717) is 30.4 Å². The lowest BCUT2D eigenvalue weighted by atomic mass is 9.80. The van der Waals surface area contributed by atoms with Gasteiger partial charge in [0.05, 0.1) is 16.7 Å². The van der Waals surface area contributed by atoms with Crippen LogP contribution in [-0.4, -0.2) is 45.8 Å². The fourth-order valence-electron chi connectivity index (χ4n) is 3.89. The van der Waals surface area contributed by atoms with Gasteiger partial charge < -0.3 is 16.0 Å². The standard InChI is InChI=1S/C18H27N5O2/c1-12-14(10-20-17(19)21-12)15(24)23-9-5-8-18(2,11-23)16(25)22-13-6-3-4-7-13/h10,13H,3-9,11H2,1-2H3,(H,22,25)(H2,19,20,21)/t18-/m0/s1. The van der Waals surface area contributed by atoms with Crippen molar-refractivity contribution >= 4 is 17.8 Å². The third-order valence-corrected chi connectivity index (χ3v) is 5.45. The molecule has 2 amide bonds. The van der Waals surface area contributed by atoms with Crippen LogP contribution in [0.2, 0.25) is 0 Å². The highest BCUT2D eigenvalue weighted by atomic mass is 16.2. The van der Waals surface area contributed by atoms with Crippen molar-refractivity contribution in [3.8, 4) is 0 Å². The van der Waals surface area contributed by atoms with E-state index in [4.69, 9.17) is 5.73 Å². The first-order valence-electron chi connectivity index (χ1n) is 9.08. The molecule has 0 unspecified atom stereocenters. The van der Waals surface area contributed by atoms with Gasteiger partial charge in [0.15, 0.2) is 0 Å². The number of piperidine rings is 1. The number of carbonyl (C=O) groups is 2. The molecule has 3 N–H and O–H groups in total. The van der Waals surface area contributed by atoms with Crippen molar-refractivity contribution in [3.05, 3.63) is 17.5 Å². The van der Waals surface area contributed by atoms with Crippen molar-refractivity contribution in [1.82, 2.24) is 20.2 Å². The molecule has 1 atom stereocenters. The molecular formula is C18H27N5O2. The number of amides is 2. The van der Waals surface area contributed by atoms with Crippen LogP contribution < -0.4 is 11.1 Å². The number of anilines is 1. The second kappa shape index (κ2) is 6.98. The average molecular weight is 345 g/mol. The van der Waals surface area contributed by atoms with E-state index in [0.717, 1.165) is 25.7 Å². The third kappa shape index (κ3) is 3.75. The number of nitrogens with two attached hydrogens (primary N) is 1. The fourth-order valence-corrected chi connectivity index (χ4v) is 3.89. The van der Waals surface area contributed by atoms with Gasteiger partial charge >= 0.3 is 0 Å². The summed E-state index contributed by atoms with van der Waals surface area (Å²) in [5.74, 6) is 0.104. The van der Waals surface area contributed by atoms with Crippen LogP contribution in [0.4, 0.5) is 5.95 Å². The van der Waals surface area contributed by atoms with Gasteiger partial charge in [0.1, 0.15) is 0 Å². The number of aryl methyl sites for hydroxylation is 1. The molecule has 1 aromatic heterocycles. The van der Waals surface area contributed by atoms with Gasteiger partial charge in [0.2, 0.25) is 11.9 Å². The van der Waals surface area contributed by atoms with Crippen molar-refractivity contribution in [3.63, 3.8) is 0 Å². The molecular weight excluding hydrogens is 318 g/mol. The molecule has 7 heteroatoms. The van der Waals surface area contributed by atoms with Crippen LogP contribution in [-0.2, 0) is 4.79 Å². The molecule has 2 aliphatic rings. The van der Waals surface area contributed by atoms with Gasteiger partial charge in [0.25, 0.3) is 5.91 Å². The normalized spacial score (nSPS) is 24.3. The van der Waals surface area contributed by atoms with Crippen molar-refractivity contribution in [2.24, 2.45) is 5.41 Å². The first-order chi connectivity index (χ1) is 11.9. The minimum Gasteiger partial charge on any atom is -0.368 e. The highest BCUT2D eigenvalue weighted by Crippen LogP contribution is 2.31. The molecule has 2 fully saturated rings. The van der Waals surface area contributed by atoms with E-state index in [1.54, 1.807) is 11.8 Å². The summed E-state index contributed by atoms with van der Waals surface area (Å²) in [6.07, 6.45) is 7.58. The number of nitrogens with zero attached hydrogens (tertiary/aromatic N) is 3. The molecule has 0 bridgehead atoms. The van der Waals surface area contributed by atoms with E-state index in [1.165, 1.54) is 19.0 Å². The molecule has 25 heavy (non-hydrogen) atoms. The Morgan fingerprint density at radius 1 is 1.32 bits per heavy atom. The van der Waals surface area contributed by atoms with E-state index >= 15 is 0 Å². The van der Waals surface area contributed by atoms with Crippen molar-refractivity contribution in [2.45, 2.75) is 58.4 Å². The molecule has 2 heterocycles. The summed E-state index contributed by atoms with van der Waals surface area (Å²) in [5.41, 5.74) is 6.05. The molecule has 1 saturated carbocycles. The number of likely N-dealkylation sites (tertiary alicyclic amines) is 1. The summed E-state index contributed by atoms with van der Waals surface area (Å²) in [6, 6.07) is 0.295. The van der Waals surface area contributed by atoms with E-state index in [1.807, 2.05) is 6.92 Å². The molecule has 1 saturated heterocycles. The van der Waals surface area contributed by atoms with Crippen molar-refractivity contribution < 1.29 is 9.59 Å². The molecule has 0 aromatic carbocycles. The van der Waals surface area contributed by atoms with Crippen molar-refractivity contribution in [2.75, 3.05) is 18.8 Å². The number of hydrogen-bond donors (Lipinski definition) is 2. The first-order valence-corrected chi connectivity index (χ1v) is 9.08. The second-order valence-electron chi connectivity index (χ2n) is 7.57. The fraction of sp³-hybridized carbons (Fsp3) is 0.667. The summed E-state index contributed by atoms with van der Waals surface area (Å²) >= 11 is 0. The summed E-state index contributed by atoms with van der Waals surface area (Å²) in [7, 11) is 0. The number of hydrogen-bond acceptors (Lipinski definition) is 5. The third-order valence-electron chi connectivity index (χ3n) is 5.45. The van der Waals surface area contributed by atoms with Crippen LogP contribution in [0, 0.1) is 12.3 Å². The Kier molecular flexibility index (Phi) is 4.92. The zero-order valence-corrected chi connectivity index (χ0v) is 15.0. The molecule has 1 aliphatic heterocycles. The summed E-state index contributed by atoms with van der Waals surface area (Å²) in [6.45, 7) is 4.79. The first kappa shape index (κ1) is 17.6.